The number of carbonyl (C=O) groups is 1. The average Bonchev–Trinajstić information content (AvgIpc) is 3.10. The van der Waals surface area contributed by atoms with E-state index in [0.717, 1.165) is 23.4 Å². The minimum Gasteiger partial charge on any atom is -0.465 e. The molecule has 3 N–H and O–H groups in total. The summed E-state index contributed by atoms with van der Waals surface area (Å²) >= 11 is 0. The van der Waals surface area contributed by atoms with Gasteiger partial charge in [-0.2, -0.15) is 0 Å². The molecule has 2 aliphatic rings. The Labute approximate surface area is 175 Å². The highest BCUT2D eigenvalue weighted by atomic mass is 16.4. The Morgan fingerprint density at radius 3 is 2.70 bits per heavy atom. The van der Waals surface area contributed by atoms with Crippen LogP contribution in [0, 0.1) is 13.8 Å². The van der Waals surface area contributed by atoms with E-state index in [2.05, 4.69) is 39.5 Å². The van der Waals surface area contributed by atoms with Gasteiger partial charge in [0.25, 0.3) is 0 Å². The SMILES string of the molecule is Cc1cc(CN2CCN(C(=O)O)[C@@H](C)C2)c(C)c(Nc2nnc(C3CC(O)C3)o2)c1. The molecular formula is C21H29N5O4. The van der Waals surface area contributed by atoms with Crippen molar-refractivity contribution in [1.82, 2.24) is 20.0 Å². The van der Waals surface area contributed by atoms with Gasteiger partial charge in [0.2, 0.25) is 5.89 Å². The number of piperazine rings is 1. The third kappa shape index (κ3) is 4.27. The summed E-state index contributed by atoms with van der Waals surface area (Å²) in [4.78, 5) is 15.1. The first-order valence-electron chi connectivity index (χ1n) is 10.4. The van der Waals surface area contributed by atoms with Crippen LogP contribution in [0.1, 0.15) is 48.3 Å². The molecule has 2 aromatic rings. The van der Waals surface area contributed by atoms with E-state index in [-0.39, 0.29) is 18.1 Å². The molecule has 1 saturated carbocycles. The number of aromatic nitrogens is 2. The van der Waals surface area contributed by atoms with E-state index in [1.807, 2.05) is 13.8 Å². The van der Waals surface area contributed by atoms with Gasteiger partial charge in [-0.15, -0.1) is 5.10 Å². The predicted octanol–water partition coefficient (Wildman–Crippen LogP) is 2.85. The quantitative estimate of drug-likeness (QED) is 0.683. The zero-order valence-electron chi connectivity index (χ0n) is 17.6. The third-order valence-electron chi connectivity index (χ3n) is 6.16. The molecule has 9 nitrogen and oxygen atoms in total. The number of aryl methyl sites for hydroxylation is 1. The molecule has 30 heavy (non-hydrogen) atoms. The normalized spacial score (nSPS) is 24.5. The first-order chi connectivity index (χ1) is 14.3. The zero-order valence-corrected chi connectivity index (χ0v) is 17.6. The van der Waals surface area contributed by atoms with Gasteiger partial charge in [-0.1, -0.05) is 11.2 Å². The van der Waals surface area contributed by atoms with Gasteiger partial charge in [0.1, 0.15) is 0 Å². The van der Waals surface area contributed by atoms with Gasteiger partial charge in [-0.25, -0.2) is 4.79 Å². The number of anilines is 2. The molecule has 2 heterocycles. The minimum absolute atomic E-state index is 0.0270. The van der Waals surface area contributed by atoms with Crippen molar-refractivity contribution in [2.45, 2.75) is 58.2 Å². The number of aliphatic hydroxyl groups is 1. The lowest BCUT2D eigenvalue weighted by atomic mass is 9.82. The average molecular weight is 415 g/mol. The Morgan fingerprint density at radius 1 is 1.27 bits per heavy atom. The molecular weight excluding hydrogens is 386 g/mol. The number of hydrogen-bond acceptors (Lipinski definition) is 7. The summed E-state index contributed by atoms with van der Waals surface area (Å²) < 4.78 is 5.76. The van der Waals surface area contributed by atoms with E-state index in [9.17, 15) is 15.0 Å². The largest absolute Gasteiger partial charge is 0.465 e. The van der Waals surface area contributed by atoms with E-state index < -0.39 is 6.09 Å². The van der Waals surface area contributed by atoms with Crippen LogP contribution in [0.15, 0.2) is 16.5 Å². The Bertz CT molecular complexity index is 924. The Balaban J connectivity index is 1.45. The van der Waals surface area contributed by atoms with Crippen LogP contribution < -0.4 is 5.32 Å². The van der Waals surface area contributed by atoms with Gasteiger partial charge < -0.3 is 24.8 Å². The molecule has 9 heteroatoms. The molecule has 4 rings (SSSR count). The molecule has 0 radical (unpaired) electrons. The van der Waals surface area contributed by atoms with Crippen molar-refractivity contribution >= 4 is 17.8 Å². The van der Waals surface area contributed by atoms with Gasteiger partial charge in [0.05, 0.1) is 6.10 Å². The molecule has 1 aliphatic heterocycles. The van der Waals surface area contributed by atoms with Gasteiger partial charge >= 0.3 is 12.1 Å². The molecule has 0 bridgehead atoms. The minimum atomic E-state index is -0.851. The van der Waals surface area contributed by atoms with Crippen LogP contribution in [-0.2, 0) is 6.54 Å². The lowest BCUT2D eigenvalue weighted by Crippen LogP contribution is -2.53. The zero-order chi connectivity index (χ0) is 21.4. The van der Waals surface area contributed by atoms with Crippen molar-refractivity contribution < 1.29 is 19.4 Å². The number of aliphatic hydroxyl groups excluding tert-OH is 1. The fraction of sp³-hybridized carbons (Fsp3) is 0.571. The van der Waals surface area contributed by atoms with Crippen LogP contribution >= 0.6 is 0 Å². The number of carboxylic acid groups (broad SMARTS) is 1. The van der Waals surface area contributed by atoms with Crippen LogP contribution in [-0.4, -0.2) is 68.1 Å². The van der Waals surface area contributed by atoms with Crippen LogP contribution in [0.3, 0.4) is 0 Å². The van der Waals surface area contributed by atoms with Crippen molar-refractivity contribution in [2.75, 3.05) is 25.0 Å². The van der Waals surface area contributed by atoms with Gasteiger partial charge in [-0.05, 0) is 56.4 Å². The van der Waals surface area contributed by atoms with E-state index in [1.165, 1.54) is 10.5 Å². The first kappa shape index (κ1) is 20.6. The maximum atomic E-state index is 11.3. The topological polar surface area (TPSA) is 115 Å². The molecule has 1 aromatic carbocycles. The van der Waals surface area contributed by atoms with Crippen molar-refractivity contribution in [3.8, 4) is 0 Å². The standard InChI is InChI=1S/C21H29N5O4/c1-12-6-16(11-25-4-5-26(21(28)29)13(2)10-25)14(3)18(7-12)22-20-24-23-19(30-20)15-8-17(27)9-15/h6-7,13,15,17,27H,4-5,8-11H2,1-3H3,(H,22,24)(H,28,29)/t13-,15?,17?/m0/s1. The van der Waals surface area contributed by atoms with Crippen LogP contribution in [0.2, 0.25) is 0 Å². The highest BCUT2D eigenvalue weighted by Gasteiger charge is 2.33. The number of nitrogens with one attached hydrogen (secondary N) is 1. The van der Waals surface area contributed by atoms with Gasteiger partial charge in [-0.3, -0.25) is 4.90 Å². The number of hydrogen-bond donors (Lipinski definition) is 3. The van der Waals surface area contributed by atoms with Gasteiger partial charge in [0.15, 0.2) is 0 Å². The fourth-order valence-corrected chi connectivity index (χ4v) is 4.28. The Hall–Kier alpha value is -2.65. The summed E-state index contributed by atoms with van der Waals surface area (Å²) in [7, 11) is 0. The first-order valence-corrected chi connectivity index (χ1v) is 10.4. The molecule has 1 aliphatic carbocycles. The third-order valence-corrected chi connectivity index (χ3v) is 6.16. The molecule has 0 spiro atoms. The van der Waals surface area contributed by atoms with Crippen LogP contribution in [0.5, 0.6) is 0 Å². The Kier molecular flexibility index (Phi) is 5.66. The summed E-state index contributed by atoms with van der Waals surface area (Å²) in [5.41, 5.74) is 4.34. The highest BCUT2D eigenvalue weighted by molar-refractivity contribution is 5.65. The van der Waals surface area contributed by atoms with E-state index in [4.69, 9.17) is 4.42 Å². The van der Waals surface area contributed by atoms with Crippen molar-refractivity contribution in [1.29, 1.82) is 0 Å². The number of nitrogens with zero attached hydrogens (tertiary/aromatic N) is 4. The number of amides is 1. The molecule has 1 aromatic heterocycles. The van der Waals surface area contributed by atoms with E-state index in [0.29, 0.717) is 44.4 Å². The summed E-state index contributed by atoms with van der Waals surface area (Å²) in [5.74, 6) is 0.710. The maximum Gasteiger partial charge on any atom is 0.407 e. The molecule has 2 fully saturated rings. The van der Waals surface area contributed by atoms with E-state index in [1.54, 1.807) is 0 Å². The van der Waals surface area contributed by atoms with Crippen molar-refractivity contribution in [3.63, 3.8) is 0 Å². The fourth-order valence-electron chi connectivity index (χ4n) is 4.28. The van der Waals surface area contributed by atoms with Crippen molar-refractivity contribution in [2.24, 2.45) is 0 Å². The second-order valence-corrected chi connectivity index (χ2v) is 8.55. The monoisotopic (exact) mass is 415 g/mol. The number of rotatable bonds is 5. The second kappa shape index (κ2) is 8.23. The Morgan fingerprint density at radius 2 is 2.03 bits per heavy atom. The van der Waals surface area contributed by atoms with E-state index >= 15 is 0 Å². The lowest BCUT2D eigenvalue weighted by Gasteiger charge is -2.38. The van der Waals surface area contributed by atoms with Gasteiger partial charge in [0, 0.05) is 43.8 Å². The predicted molar refractivity (Wildman–Crippen MR) is 111 cm³/mol. The smallest absolute Gasteiger partial charge is 0.407 e. The second-order valence-electron chi connectivity index (χ2n) is 8.55. The van der Waals surface area contributed by atoms with Crippen LogP contribution in [0.25, 0.3) is 0 Å². The molecule has 162 valence electrons. The summed E-state index contributed by atoms with van der Waals surface area (Å²) in [6, 6.07) is 4.56. The summed E-state index contributed by atoms with van der Waals surface area (Å²) in [6.07, 6.45) is 0.224. The molecule has 1 atom stereocenters. The van der Waals surface area contributed by atoms with Crippen molar-refractivity contribution in [3.05, 3.63) is 34.7 Å². The molecule has 1 saturated heterocycles. The molecule has 0 unspecified atom stereocenters. The summed E-state index contributed by atoms with van der Waals surface area (Å²) in [6.45, 7) is 8.77. The highest BCUT2D eigenvalue weighted by Crippen LogP contribution is 2.37. The van der Waals surface area contributed by atoms with Crippen LogP contribution in [0.4, 0.5) is 16.5 Å². The molecule has 1 amide bonds. The maximum absolute atomic E-state index is 11.3. The summed E-state index contributed by atoms with van der Waals surface area (Å²) in [5, 5.41) is 30.2. The lowest BCUT2D eigenvalue weighted by molar-refractivity contribution is 0.0651. The number of benzene rings is 1.